The SMILES string of the molecule is CC[C@H](C)[C@H](C)C(=O)OC(C)=O. The molecule has 0 radical (unpaired) electrons. The second kappa shape index (κ2) is 4.91. The van der Waals surface area contributed by atoms with Gasteiger partial charge in [-0.3, -0.25) is 9.59 Å². The Bertz CT molecular complexity index is 175. The Morgan fingerprint density at radius 1 is 1.33 bits per heavy atom. The molecular formula is C9H16O3. The summed E-state index contributed by atoms with van der Waals surface area (Å²) in [5.74, 6) is -0.886. The summed E-state index contributed by atoms with van der Waals surface area (Å²) < 4.78 is 4.46. The number of carbonyl (C=O) groups is 2. The molecule has 70 valence electrons. The molecule has 0 saturated heterocycles. The maximum absolute atomic E-state index is 11.1. The van der Waals surface area contributed by atoms with Gasteiger partial charge in [-0.15, -0.1) is 0 Å². The summed E-state index contributed by atoms with van der Waals surface area (Å²) in [6.07, 6.45) is 0.911. The molecule has 0 heterocycles. The zero-order valence-corrected chi connectivity index (χ0v) is 8.09. The van der Waals surface area contributed by atoms with Crippen molar-refractivity contribution in [2.45, 2.75) is 34.1 Å². The summed E-state index contributed by atoms with van der Waals surface area (Å²) in [4.78, 5) is 21.5. The normalized spacial score (nSPS) is 15.0. The first-order valence-electron chi connectivity index (χ1n) is 4.21. The van der Waals surface area contributed by atoms with Crippen LogP contribution < -0.4 is 0 Å². The zero-order valence-electron chi connectivity index (χ0n) is 8.09. The third-order valence-corrected chi connectivity index (χ3v) is 2.11. The first-order valence-corrected chi connectivity index (χ1v) is 4.21. The van der Waals surface area contributed by atoms with Gasteiger partial charge < -0.3 is 4.74 Å². The lowest BCUT2D eigenvalue weighted by atomic mass is 9.94. The molecule has 0 aromatic heterocycles. The summed E-state index contributed by atoms with van der Waals surface area (Å²) in [7, 11) is 0. The largest absolute Gasteiger partial charge is 0.393 e. The highest BCUT2D eigenvalue weighted by atomic mass is 16.6. The van der Waals surface area contributed by atoms with Gasteiger partial charge in [0.1, 0.15) is 0 Å². The predicted octanol–water partition coefficient (Wildman–Crippen LogP) is 1.76. The summed E-state index contributed by atoms with van der Waals surface area (Å²) in [5.41, 5.74) is 0. The molecule has 0 rings (SSSR count). The Hall–Kier alpha value is -0.860. The van der Waals surface area contributed by atoms with E-state index in [0.29, 0.717) is 0 Å². The van der Waals surface area contributed by atoms with Gasteiger partial charge in [0.25, 0.3) is 0 Å². The van der Waals surface area contributed by atoms with Crippen LogP contribution in [0, 0.1) is 11.8 Å². The van der Waals surface area contributed by atoms with Crippen molar-refractivity contribution in [3.8, 4) is 0 Å². The van der Waals surface area contributed by atoms with Crippen LogP contribution in [-0.2, 0) is 14.3 Å². The van der Waals surface area contributed by atoms with E-state index in [-0.39, 0.29) is 11.8 Å². The molecule has 0 aliphatic rings. The van der Waals surface area contributed by atoms with E-state index in [2.05, 4.69) is 4.74 Å². The highest BCUT2D eigenvalue weighted by Crippen LogP contribution is 2.15. The molecule has 0 saturated carbocycles. The number of ether oxygens (including phenoxy) is 1. The van der Waals surface area contributed by atoms with E-state index in [4.69, 9.17) is 0 Å². The van der Waals surface area contributed by atoms with Crippen LogP contribution in [0.1, 0.15) is 34.1 Å². The smallest absolute Gasteiger partial charge is 0.316 e. The molecule has 0 bridgehead atoms. The van der Waals surface area contributed by atoms with Gasteiger partial charge in [0.15, 0.2) is 0 Å². The van der Waals surface area contributed by atoms with Crippen LogP contribution >= 0.6 is 0 Å². The average molecular weight is 172 g/mol. The average Bonchev–Trinajstić information content (AvgIpc) is 2.00. The first kappa shape index (κ1) is 11.1. The van der Waals surface area contributed by atoms with Crippen molar-refractivity contribution in [1.82, 2.24) is 0 Å². The standard InChI is InChI=1S/C9H16O3/c1-5-6(2)7(3)9(11)12-8(4)10/h6-7H,5H2,1-4H3/t6-,7-/m0/s1. The third-order valence-electron chi connectivity index (χ3n) is 2.11. The van der Waals surface area contributed by atoms with E-state index in [1.165, 1.54) is 6.92 Å². The molecule has 3 heteroatoms. The fourth-order valence-corrected chi connectivity index (χ4v) is 0.820. The number of hydrogen-bond donors (Lipinski definition) is 0. The second-order valence-corrected chi connectivity index (χ2v) is 3.09. The van der Waals surface area contributed by atoms with Gasteiger partial charge >= 0.3 is 11.9 Å². The minimum atomic E-state index is -0.532. The third kappa shape index (κ3) is 3.51. The molecule has 0 unspecified atom stereocenters. The molecule has 0 N–H and O–H groups in total. The molecule has 0 aliphatic heterocycles. The lowest BCUT2D eigenvalue weighted by molar-refractivity contribution is -0.161. The van der Waals surface area contributed by atoms with Crippen LogP contribution in [0.3, 0.4) is 0 Å². The van der Waals surface area contributed by atoms with Gasteiger partial charge in [-0.1, -0.05) is 27.2 Å². The van der Waals surface area contributed by atoms with Crippen LogP contribution in [0.25, 0.3) is 0 Å². The molecule has 12 heavy (non-hydrogen) atoms. The monoisotopic (exact) mass is 172 g/mol. The van der Waals surface area contributed by atoms with E-state index in [0.717, 1.165) is 6.42 Å². The Kier molecular flexibility index (Phi) is 4.55. The molecule has 0 aromatic rings. The number of carbonyl (C=O) groups excluding carboxylic acids is 2. The predicted molar refractivity (Wildman–Crippen MR) is 45.4 cm³/mol. The Morgan fingerprint density at radius 2 is 1.83 bits per heavy atom. The van der Waals surface area contributed by atoms with E-state index in [1.807, 2.05) is 13.8 Å². The maximum Gasteiger partial charge on any atom is 0.316 e. The minimum Gasteiger partial charge on any atom is -0.393 e. The fraction of sp³-hybridized carbons (Fsp3) is 0.778. The van der Waals surface area contributed by atoms with Crippen LogP contribution in [0.5, 0.6) is 0 Å². The quantitative estimate of drug-likeness (QED) is 0.481. The van der Waals surface area contributed by atoms with Crippen molar-refractivity contribution in [3.05, 3.63) is 0 Å². The van der Waals surface area contributed by atoms with E-state index < -0.39 is 11.9 Å². The van der Waals surface area contributed by atoms with Gasteiger partial charge in [-0.05, 0) is 5.92 Å². The maximum atomic E-state index is 11.1. The van der Waals surface area contributed by atoms with Crippen molar-refractivity contribution in [2.24, 2.45) is 11.8 Å². The van der Waals surface area contributed by atoms with Crippen LogP contribution in [-0.4, -0.2) is 11.9 Å². The molecule has 0 aliphatic carbocycles. The van der Waals surface area contributed by atoms with Gasteiger partial charge in [-0.2, -0.15) is 0 Å². The highest BCUT2D eigenvalue weighted by Gasteiger charge is 2.21. The highest BCUT2D eigenvalue weighted by molar-refractivity contribution is 5.85. The molecule has 0 spiro atoms. The first-order chi connectivity index (χ1) is 5.49. The second-order valence-electron chi connectivity index (χ2n) is 3.09. The van der Waals surface area contributed by atoms with Gasteiger partial charge in [-0.25, -0.2) is 0 Å². The summed E-state index contributed by atoms with van der Waals surface area (Å²) in [6, 6.07) is 0. The summed E-state index contributed by atoms with van der Waals surface area (Å²) in [5, 5.41) is 0. The molecule has 0 fully saturated rings. The van der Waals surface area contributed by atoms with Crippen LogP contribution in [0.2, 0.25) is 0 Å². The van der Waals surface area contributed by atoms with Crippen molar-refractivity contribution < 1.29 is 14.3 Å². The van der Waals surface area contributed by atoms with Crippen molar-refractivity contribution in [2.75, 3.05) is 0 Å². The minimum absolute atomic E-state index is 0.195. The number of rotatable bonds is 3. The summed E-state index contributed by atoms with van der Waals surface area (Å²) in [6.45, 7) is 6.98. The van der Waals surface area contributed by atoms with E-state index in [1.54, 1.807) is 6.92 Å². The lowest BCUT2D eigenvalue weighted by Crippen LogP contribution is -2.22. The van der Waals surface area contributed by atoms with Crippen LogP contribution in [0.4, 0.5) is 0 Å². The zero-order chi connectivity index (χ0) is 9.72. The lowest BCUT2D eigenvalue weighted by Gasteiger charge is -2.15. The molecule has 0 aromatic carbocycles. The van der Waals surface area contributed by atoms with Gasteiger partial charge in [0.2, 0.25) is 0 Å². The van der Waals surface area contributed by atoms with Crippen LogP contribution in [0.15, 0.2) is 0 Å². The van der Waals surface area contributed by atoms with Crippen molar-refractivity contribution in [1.29, 1.82) is 0 Å². The summed E-state index contributed by atoms with van der Waals surface area (Å²) >= 11 is 0. The van der Waals surface area contributed by atoms with Gasteiger partial charge in [0.05, 0.1) is 5.92 Å². The fourth-order valence-electron chi connectivity index (χ4n) is 0.820. The van der Waals surface area contributed by atoms with Crippen molar-refractivity contribution in [3.63, 3.8) is 0 Å². The Labute approximate surface area is 73.1 Å². The number of esters is 2. The molecule has 3 nitrogen and oxygen atoms in total. The Balaban J connectivity index is 4.01. The molecule has 2 atom stereocenters. The topological polar surface area (TPSA) is 43.4 Å². The molecular weight excluding hydrogens is 156 g/mol. The molecule has 0 amide bonds. The van der Waals surface area contributed by atoms with Gasteiger partial charge in [0, 0.05) is 6.92 Å². The van der Waals surface area contributed by atoms with E-state index in [9.17, 15) is 9.59 Å². The van der Waals surface area contributed by atoms with E-state index >= 15 is 0 Å². The Morgan fingerprint density at radius 3 is 2.17 bits per heavy atom. The van der Waals surface area contributed by atoms with Crippen molar-refractivity contribution >= 4 is 11.9 Å². The number of hydrogen-bond acceptors (Lipinski definition) is 3.